The normalized spacial score (nSPS) is 10.9. The van der Waals surface area contributed by atoms with Crippen LogP contribution in [-0.2, 0) is 0 Å². The largest absolute Gasteiger partial charge is 0.265 e. The van der Waals surface area contributed by atoms with Gasteiger partial charge in [-0.25, -0.2) is 4.98 Å². The maximum Gasteiger partial charge on any atom is 0.0715 e. The second-order valence-electron chi connectivity index (χ2n) is 11.5. The minimum atomic E-state index is 0.904. The molecule has 8 rings (SSSR count). The molecule has 0 saturated heterocycles. The predicted molar refractivity (Wildman–Crippen MR) is 193 cm³/mol. The van der Waals surface area contributed by atoms with E-state index in [4.69, 9.17) is 4.98 Å². The van der Waals surface area contributed by atoms with Gasteiger partial charge in [-0.15, -0.1) is 0 Å². The Balaban J connectivity index is 1.28. The molecule has 0 aliphatic rings. The summed E-state index contributed by atoms with van der Waals surface area (Å²) in [5.74, 6) is 0. The maximum absolute atomic E-state index is 5.23. The lowest BCUT2D eigenvalue weighted by Gasteiger charge is -2.14. The Kier molecular flexibility index (Phi) is 7.83. The minimum absolute atomic E-state index is 0.904. The van der Waals surface area contributed by atoms with Gasteiger partial charge in [0, 0.05) is 60.7 Å². The molecule has 0 aliphatic heterocycles. The highest BCUT2D eigenvalue weighted by Gasteiger charge is 2.13. The Labute approximate surface area is 279 Å². The number of benzene rings is 3. The third-order valence-corrected chi connectivity index (χ3v) is 8.51. The number of pyridine rings is 5. The lowest BCUT2D eigenvalue weighted by atomic mass is 9.92. The van der Waals surface area contributed by atoms with E-state index in [0.29, 0.717) is 0 Å². The van der Waals surface area contributed by atoms with Crippen molar-refractivity contribution in [3.63, 3.8) is 0 Å². The van der Waals surface area contributed by atoms with E-state index in [0.717, 1.165) is 78.1 Å². The number of hydrogen-bond acceptors (Lipinski definition) is 5. The highest BCUT2D eigenvalue weighted by atomic mass is 14.7. The molecule has 0 atom stereocenters. The van der Waals surface area contributed by atoms with Crippen LogP contribution in [0.15, 0.2) is 177 Å². The Morgan fingerprint density at radius 3 is 0.771 bits per heavy atom. The van der Waals surface area contributed by atoms with Crippen LogP contribution >= 0.6 is 0 Å². The van der Waals surface area contributed by atoms with Crippen molar-refractivity contribution in [2.24, 2.45) is 0 Å². The van der Waals surface area contributed by atoms with E-state index in [2.05, 4.69) is 98.8 Å². The summed E-state index contributed by atoms with van der Waals surface area (Å²) in [6.45, 7) is 0. The third-order valence-electron chi connectivity index (χ3n) is 8.51. The van der Waals surface area contributed by atoms with Gasteiger partial charge in [0.25, 0.3) is 0 Å². The molecule has 0 spiro atoms. The number of hydrogen-bond donors (Lipinski definition) is 0. The fourth-order valence-corrected chi connectivity index (χ4v) is 5.96. The van der Waals surface area contributed by atoms with Gasteiger partial charge in [0.2, 0.25) is 0 Å². The Bertz CT molecular complexity index is 2130. The summed E-state index contributed by atoms with van der Waals surface area (Å²) < 4.78 is 0. The van der Waals surface area contributed by atoms with Crippen molar-refractivity contribution in [2.45, 2.75) is 0 Å². The van der Waals surface area contributed by atoms with Gasteiger partial charge in [0.05, 0.1) is 11.4 Å². The van der Waals surface area contributed by atoms with Crippen LogP contribution in [-0.4, -0.2) is 24.9 Å². The second-order valence-corrected chi connectivity index (χ2v) is 11.5. The molecule has 5 heterocycles. The summed E-state index contributed by atoms with van der Waals surface area (Å²) >= 11 is 0. The van der Waals surface area contributed by atoms with Gasteiger partial charge in [-0.1, -0.05) is 48.5 Å². The number of nitrogens with zero attached hydrogens (tertiary/aromatic N) is 5. The van der Waals surface area contributed by atoms with E-state index < -0.39 is 0 Å². The van der Waals surface area contributed by atoms with Crippen LogP contribution in [0.3, 0.4) is 0 Å². The first-order valence-corrected chi connectivity index (χ1v) is 15.8. The van der Waals surface area contributed by atoms with Crippen LogP contribution in [0.4, 0.5) is 0 Å². The van der Waals surface area contributed by atoms with Crippen LogP contribution in [0, 0.1) is 0 Å². The summed E-state index contributed by atoms with van der Waals surface area (Å²) in [5, 5.41) is 0. The molecule has 5 nitrogen and oxygen atoms in total. The summed E-state index contributed by atoms with van der Waals surface area (Å²) in [6, 6.07) is 44.6. The fourth-order valence-electron chi connectivity index (χ4n) is 5.96. The molecule has 0 unspecified atom stereocenters. The summed E-state index contributed by atoms with van der Waals surface area (Å²) in [6.07, 6.45) is 14.6. The summed E-state index contributed by atoms with van der Waals surface area (Å²) in [4.78, 5) is 22.1. The lowest BCUT2D eigenvalue weighted by molar-refractivity contribution is 1.31. The Morgan fingerprint density at radius 1 is 0.208 bits per heavy atom. The molecule has 0 radical (unpaired) electrons. The van der Waals surface area contributed by atoms with Gasteiger partial charge in [0.15, 0.2) is 0 Å². The SMILES string of the molecule is c1cc(-c2ccc(-c3cc(-c4cc(-c5ccncc5)cc(-c5ccncc5)c4)cc(-c4ccc(-c5ccncc5)cc4)n3)cc2)ccn1. The fraction of sp³-hybridized carbons (Fsp3) is 0. The minimum Gasteiger partial charge on any atom is -0.265 e. The van der Waals surface area contributed by atoms with Crippen molar-refractivity contribution < 1.29 is 0 Å². The van der Waals surface area contributed by atoms with Gasteiger partial charge in [-0.05, 0) is 134 Å². The van der Waals surface area contributed by atoms with Crippen LogP contribution in [0.2, 0.25) is 0 Å². The topological polar surface area (TPSA) is 64.5 Å². The molecule has 48 heavy (non-hydrogen) atoms. The van der Waals surface area contributed by atoms with Gasteiger partial charge >= 0.3 is 0 Å². The highest BCUT2D eigenvalue weighted by Crippen LogP contribution is 2.36. The molecule has 0 saturated carbocycles. The predicted octanol–water partition coefficient (Wildman–Crippen LogP) is 10.3. The zero-order valence-electron chi connectivity index (χ0n) is 26.0. The maximum atomic E-state index is 5.23. The van der Waals surface area contributed by atoms with E-state index in [1.54, 1.807) is 0 Å². The van der Waals surface area contributed by atoms with E-state index in [1.807, 2.05) is 98.1 Å². The molecular formula is C43H29N5. The van der Waals surface area contributed by atoms with Gasteiger partial charge in [-0.2, -0.15) is 0 Å². The smallest absolute Gasteiger partial charge is 0.0715 e. The molecule has 0 N–H and O–H groups in total. The van der Waals surface area contributed by atoms with Gasteiger partial charge in [-0.3, -0.25) is 19.9 Å². The molecule has 3 aromatic carbocycles. The van der Waals surface area contributed by atoms with E-state index in [9.17, 15) is 0 Å². The molecule has 5 heteroatoms. The molecule has 0 bridgehead atoms. The zero-order valence-corrected chi connectivity index (χ0v) is 26.0. The Hall–Kier alpha value is -6.59. The second kappa shape index (κ2) is 13.0. The van der Waals surface area contributed by atoms with Crippen molar-refractivity contribution in [1.82, 2.24) is 24.9 Å². The van der Waals surface area contributed by atoms with Crippen LogP contribution in [0.1, 0.15) is 0 Å². The van der Waals surface area contributed by atoms with Crippen molar-refractivity contribution in [3.05, 3.63) is 177 Å². The molecule has 8 aromatic rings. The van der Waals surface area contributed by atoms with Crippen molar-refractivity contribution in [1.29, 1.82) is 0 Å². The van der Waals surface area contributed by atoms with Crippen molar-refractivity contribution in [3.8, 4) is 78.1 Å². The number of rotatable bonds is 7. The van der Waals surface area contributed by atoms with Crippen LogP contribution in [0.25, 0.3) is 78.1 Å². The first-order chi connectivity index (χ1) is 23.8. The first kappa shape index (κ1) is 28.9. The molecule has 0 aliphatic carbocycles. The van der Waals surface area contributed by atoms with Crippen molar-refractivity contribution >= 4 is 0 Å². The van der Waals surface area contributed by atoms with Gasteiger partial charge < -0.3 is 0 Å². The molecule has 5 aromatic heterocycles. The Morgan fingerprint density at radius 2 is 0.438 bits per heavy atom. The highest BCUT2D eigenvalue weighted by molar-refractivity contribution is 5.84. The van der Waals surface area contributed by atoms with E-state index in [1.165, 1.54) is 0 Å². The average molecular weight is 616 g/mol. The van der Waals surface area contributed by atoms with Crippen LogP contribution in [0.5, 0.6) is 0 Å². The molecule has 0 amide bonds. The van der Waals surface area contributed by atoms with Crippen molar-refractivity contribution in [2.75, 3.05) is 0 Å². The quantitative estimate of drug-likeness (QED) is 0.178. The monoisotopic (exact) mass is 615 g/mol. The average Bonchev–Trinajstić information content (AvgIpc) is 3.19. The van der Waals surface area contributed by atoms with Crippen LogP contribution < -0.4 is 0 Å². The lowest BCUT2D eigenvalue weighted by Crippen LogP contribution is -1.93. The zero-order chi connectivity index (χ0) is 32.1. The summed E-state index contributed by atoms with van der Waals surface area (Å²) in [5.41, 5.74) is 15.1. The molecular weight excluding hydrogens is 587 g/mol. The molecule has 226 valence electrons. The van der Waals surface area contributed by atoms with E-state index in [-0.39, 0.29) is 0 Å². The number of aromatic nitrogens is 5. The third kappa shape index (κ3) is 6.13. The standard InChI is InChI=1S/C43H29N5/c1-5-36(6-2-30(1)32-9-17-44-18-10-32)42-28-41(29-43(48-42)37-7-3-31(4-8-37)33-11-19-45-20-12-33)40-26-38(34-13-21-46-22-14-34)25-39(27-40)35-15-23-47-24-16-35/h1-29H. The van der Waals surface area contributed by atoms with E-state index >= 15 is 0 Å². The molecule has 0 fully saturated rings. The first-order valence-electron chi connectivity index (χ1n) is 15.8. The summed E-state index contributed by atoms with van der Waals surface area (Å²) in [7, 11) is 0. The van der Waals surface area contributed by atoms with Gasteiger partial charge in [0.1, 0.15) is 0 Å².